The number of aromatic nitrogens is 2. The van der Waals surface area contributed by atoms with Crippen LogP contribution in [-0.2, 0) is 0 Å². The van der Waals surface area contributed by atoms with Gasteiger partial charge in [-0.3, -0.25) is 19.1 Å². The number of hydrogen-bond acceptors (Lipinski definition) is 4. The summed E-state index contributed by atoms with van der Waals surface area (Å²) < 4.78 is 6.48. The first kappa shape index (κ1) is 21.1. The largest absolute Gasteiger partial charge is 0.495 e. The number of ether oxygens (including phenoxy) is 1. The second-order valence-electron chi connectivity index (χ2n) is 6.91. The van der Waals surface area contributed by atoms with Gasteiger partial charge in [0, 0.05) is 23.5 Å². The summed E-state index contributed by atoms with van der Waals surface area (Å²) in [6.07, 6.45) is 1.39. The Morgan fingerprint density at radius 2 is 1.72 bits per heavy atom. The first-order valence-corrected chi connectivity index (χ1v) is 10.00. The summed E-state index contributed by atoms with van der Waals surface area (Å²) in [5.74, 6) is 0.303. The van der Waals surface area contributed by atoms with Gasteiger partial charge in [-0.2, -0.15) is 0 Å². The van der Waals surface area contributed by atoms with Crippen molar-refractivity contribution in [1.82, 2.24) is 9.55 Å². The Bertz CT molecular complexity index is 1410. The number of anilines is 1. The van der Waals surface area contributed by atoms with Gasteiger partial charge in [-0.15, -0.1) is 0 Å². The predicted octanol–water partition coefficient (Wildman–Crippen LogP) is 4.11. The van der Waals surface area contributed by atoms with Gasteiger partial charge in [-0.05, 0) is 59.7 Å². The highest BCUT2D eigenvalue weighted by molar-refractivity contribution is 6.32. The van der Waals surface area contributed by atoms with Crippen LogP contribution in [0.1, 0.15) is 10.4 Å². The number of benzene rings is 3. The van der Waals surface area contributed by atoms with Gasteiger partial charge in [0.25, 0.3) is 11.5 Å². The molecule has 160 valence electrons. The lowest BCUT2D eigenvalue weighted by molar-refractivity contribution is 0.102. The molecule has 0 radical (unpaired) electrons. The number of carbonyl (C=O) groups is 1. The van der Waals surface area contributed by atoms with Crippen LogP contribution in [0.25, 0.3) is 16.8 Å². The van der Waals surface area contributed by atoms with Gasteiger partial charge in [0.15, 0.2) is 0 Å². The van der Waals surface area contributed by atoms with Gasteiger partial charge < -0.3 is 10.1 Å². The third kappa shape index (κ3) is 4.48. The van der Waals surface area contributed by atoms with Crippen molar-refractivity contribution in [2.75, 3.05) is 12.4 Å². The van der Waals surface area contributed by atoms with Gasteiger partial charge in [0.1, 0.15) is 5.75 Å². The second-order valence-corrected chi connectivity index (χ2v) is 7.32. The molecule has 0 aliphatic heterocycles. The number of H-pyrrole nitrogens is 1. The maximum absolute atomic E-state index is 12.8. The molecule has 4 rings (SSSR count). The minimum atomic E-state index is -0.537. The zero-order chi connectivity index (χ0) is 22.7. The lowest BCUT2D eigenvalue weighted by Crippen LogP contribution is -2.27. The second kappa shape index (κ2) is 8.95. The quantitative estimate of drug-likeness (QED) is 0.481. The van der Waals surface area contributed by atoms with Crippen molar-refractivity contribution in [2.45, 2.75) is 0 Å². The SMILES string of the molecule is COc1ccc(-c2cccc(C(=O)Nc3ccc(-n4ccc(=O)[nH]c4=O)cc3)c2)cc1Cl. The van der Waals surface area contributed by atoms with Crippen molar-refractivity contribution in [2.24, 2.45) is 0 Å². The van der Waals surface area contributed by atoms with E-state index in [-0.39, 0.29) is 5.91 Å². The van der Waals surface area contributed by atoms with Gasteiger partial charge in [0.2, 0.25) is 0 Å². The standard InChI is InChI=1S/C24H18ClN3O4/c1-32-21-10-5-16(14-20(21)25)15-3-2-4-17(13-15)23(30)26-18-6-8-19(9-7-18)28-12-11-22(29)27-24(28)31/h2-14H,1H3,(H,26,30)(H,27,29,31). The van der Waals surface area contributed by atoms with E-state index >= 15 is 0 Å². The van der Waals surface area contributed by atoms with Gasteiger partial charge >= 0.3 is 5.69 Å². The number of amides is 1. The van der Waals surface area contributed by atoms with Crippen LogP contribution in [0, 0.1) is 0 Å². The van der Waals surface area contributed by atoms with Crippen molar-refractivity contribution >= 4 is 23.2 Å². The normalized spacial score (nSPS) is 10.6. The van der Waals surface area contributed by atoms with E-state index in [0.29, 0.717) is 27.7 Å². The van der Waals surface area contributed by atoms with E-state index < -0.39 is 11.2 Å². The number of halogens is 1. The molecule has 0 aliphatic carbocycles. The summed E-state index contributed by atoms with van der Waals surface area (Å²) >= 11 is 6.22. The molecule has 0 aliphatic rings. The fraction of sp³-hybridized carbons (Fsp3) is 0.0417. The summed E-state index contributed by atoms with van der Waals surface area (Å²) in [7, 11) is 1.55. The van der Waals surface area contributed by atoms with E-state index in [4.69, 9.17) is 16.3 Å². The maximum Gasteiger partial charge on any atom is 0.332 e. The monoisotopic (exact) mass is 447 g/mol. The van der Waals surface area contributed by atoms with Crippen molar-refractivity contribution in [1.29, 1.82) is 0 Å². The number of rotatable bonds is 5. The molecule has 0 spiro atoms. The topological polar surface area (TPSA) is 93.2 Å². The maximum atomic E-state index is 12.8. The summed E-state index contributed by atoms with van der Waals surface area (Å²) in [6, 6.07) is 20.6. The molecule has 32 heavy (non-hydrogen) atoms. The van der Waals surface area contributed by atoms with Crippen LogP contribution < -0.4 is 21.3 Å². The van der Waals surface area contributed by atoms with Crippen molar-refractivity contribution in [3.8, 4) is 22.6 Å². The summed E-state index contributed by atoms with van der Waals surface area (Å²) in [4.78, 5) is 38.1. The Morgan fingerprint density at radius 3 is 2.41 bits per heavy atom. The van der Waals surface area contributed by atoms with Crippen LogP contribution in [0.3, 0.4) is 0 Å². The molecule has 2 N–H and O–H groups in total. The average Bonchev–Trinajstić information content (AvgIpc) is 2.80. The average molecular weight is 448 g/mol. The molecule has 0 bridgehead atoms. The first-order valence-electron chi connectivity index (χ1n) is 9.62. The van der Waals surface area contributed by atoms with Gasteiger partial charge in [0.05, 0.1) is 17.8 Å². The molecule has 7 nitrogen and oxygen atoms in total. The number of nitrogens with one attached hydrogen (secondary N) is 2. The van der Waals surface area contributed by atoms with Gasteiger partial charge in [-0.1, -0.05) is 29.8 Å². The lowest BCUT2D eigenvalue weighted by atomic mass is 10.0. The molecule has 1 amide bonds. The minimum Gasteiger partial charge on any atom is -0.495 e. The lowest BCUT2D eigenvalue weighted by Gasteiger charge is -2.10. The molecular formula is C24H18ClN3O4. The minimum absolute atomic E-state index is 0.277. The molecule has 0 atom stereocenters. The van der Waals surface area contributed by atoms with Crippen LogP contribution in [-0.4, -0.2) is 22.6 Å². The third-order valence-corrected chi connectivity index (χ3v) is 5.13. The van der Waals surface area contributed by atoms with E-state index in [2.05, 4.69) is 10.3 Å². The summed E-state index contributed by atoms with van der Waals surface area (Å²) in [5, 5.41) is 3.33. The van der Waals surface area contributed by atoms with Crippen LogP contribution in [0.2, 0.25) is 5.02 Å². The highest BCUT2D eigenvalue weighted by Crippen LogP contribution is 2.30. The van der Waals surface area contributed by atoms with E-state index in [1.54, 1.807) is 61.7 Å². The van der Waals surface area contributed by atoms with Crippen molar-refractivity contribution in [3.63, 3.8) is 0 Å². The summed E-state index contributed by atoms with van der Waals surface area (Å²) in [6.45, 7) is 0. The number of nitrogens with zero attached hydrogens (tertiary/aromatic N) is 1. The Balaban J connectivity index is 1.53. The van der Waals surface area contributed by atoms with Crippen LogP contribution in [0.4, 0.5) is 5.69 Å². The Hall–Kier alpha value is -4.10. The van der Waals surface area contributed by atoms with Crippen molar-refractivity contribution < 1.29 is 9.53 Å². The molecule has 0 saturated carbocycles. The van der Waals surface area contributed by atoms with Crippen LogP contribution >= 0.6 is 11.6 Å². The smallest absolute Gasteiger partial charge is 0.332 e. The van der Waals surface area contributed by atoms with Crippen LogP contribution in [0.15, 0.2) is 88.6 Å². The van der Waals surface area contributed by atoms with E-state index in [1.807, 2.05) is 12.1 Å². The molecule has 3 aromatic carbocycles. The fourth-order valence-electron chi connectivity index (χ4n) is 3.22. The summed E-state index contributed by atoms with van der Waals surface area (Å²) in [5.41, 5.74) is 2.31. The fourth-order valence-corrected chi connectivity index (χ4v) is 3.47. The van der Waals surface area contributed by atoms with Crippen molar-refractivity contribution in [3.05, 3.63) is 110 Å². The first-order chi connectivity index (χ1) is 15.4. The van der Waals surface area contributed by atoms with Crippen LogP contribution in [0.5, 0.6) is 5.75 Å². The van der Waals surface area contributed by atoms with E-state index in [9.17, 15) is 14.4 Å². The van der Waals surface area contributed by atoms with Gasteiger partial charge in [-0.25, -0.2) is 4.79 Å². The molecule has 4 aromatic rings. The van der Waals surface area contributed by atoms with E-state index in [1.165, 1.54) is 16.8 Å². The Labute approximate surface area is 187 Å². The predicted molar refractivity (Wildman–Crippen MR) is 124 cm³/mol. The Kier molecular flexibility index (Phi) is 5.91. The zero-order valence-corrected chi connectivity index (χ0v) is 17.7. The number of methoxy groups -OCH3 is 1. The molecule has 8 heteroatoms. The highest BCUT2D eigenvalue weighted by atomic mass is 35.5. The number of carbonyl (C=O) groups excluding carboxylic acids is 1. The third-order valence-electron chi connectivity index (χ3n) is 4.84. The molecule has 0 unspecified atom stereocenters. The molecule has 1 aromatic heterocycles. The molecule has 0 fully saturated rings. The number of aromatic amines is 1. The molecule has 1 heterocycles. The highest BCUT2D eigenvalue weighted by Gasteiger charge is 2.10. The number of hydrogen-bond donors (Lipinski definition) is 2. The van der Waals surface area contributed by atoms with E-state index in [0.717, 1.165) is 11.1 Å². The molecule has 0 saturated heterocycles. The Morgan fingerprint density at radius 1 is 0.969 bits per heavy atom. The molecular weight excluding hydrogens is 430 g/mol. The zero-order valence-electron chi connectivity index (χ0n) is 17.0.